The number of aliphatic hydroxyl groups excluding tert-OH is 2. The van der Waals surface area contributed by atoms with E-state index in [1.54, 1.807) is 6.92 Å². The number of primary amides is 1. The highest BCUT2D eigenvalue weighted by Gasteiger charge is 2.45. The van der Waals surface area contributed by atoms with E-state index in [1.807, 2.05) is 60.7 Å². The third-order valence-corrected chi connectivity index (χ3v) is 7.88. The van der Waals surface area contributed by atoms with Gasteiger partial charge >= 0.3 is 5.97 Å². The van der Waals surface area contributed by atoms with Gasteiger partial charge in [0, 0.05) is 18.9 Å². The Morgan fingerprint density at radius 1 is 0.977 bits per heavy atom. The molecule has 230 valence electrons. The van der Waals surface area contributed by atoms with Gasteiger partial charge in [-0.25, -0.2) is 19.7 Å². The molecule has 0 aliphatic heterocycles. The first-order valence-electron chi connectivity index (χ1n) is 14.2. The number of carbonyl (C=O) groups excluding carboxylic acids is 2. The second-order valence-electron chi connectivity index (χ2n) is 10.7. The Hall–Kier alpha value is -4.92. The largest absolute Gasteiger partial charge is 0.475 e. The molecule has 1 saturated carbocycles. The Morgan fingerprint density at radius 3 is 2.14 bits per heavy atom. The topological polar surface area (TPSA) is 232 Å². The van der Waals surface area contributed by atoms with Gasteiger partial charge in [0.05, 0.1) is 17.8 Å². The van der Waals surface area contributed by atoms with Gasteiger partial charge in [-0.05, 0) is 17.5 Å². The Bertz CT molecular complexity index is 1630. The van der Waals surface area contributed by atoms with Crippen LogP contribution in [0.5, 0.6) is 0 Å². The van der Waals surface area contributed by atoms with Gasteiger partial charge in [0.2, 0.25) is 23.6 Å². The number of fused-ring (bicyclic) bond motifs is 1. The highest BCUT2D eigenvalue weighted by molar-refractivity contribution is 5.91. The van der Waals surface area contributed by atoms with Gasteiger partial charge in [0.25, 0.3) is 0 Å². The van der Waals surface area contributed by atoms with Crippen molar-refractivity contribution < 1.29 is 29.7 Å². The molecule has 1 fully saturated rings. The van der Waals surface area contributed by atoms with Crippen molar-refractivity contribution in [3.63, 3.8) is 0 Å². The number of aromatic nitrogens is 4. The average molecular weight is 603 g/mol. The lowest BCUT2D eigenvalue weighted by Crippen LogP contribution is -2.42. The minimum atomic E-state index is -1.51. The summed E-state index contributed by atoms with van der Waals surface area (Å²) in [4.78, 5) is 49.1. The first-order valence-corrected chi connectivity index (χ1v) is 14.2. The highest BCUT2D eigenvalue weighted by atomic mass is 16.4. The zero-order valence-electron chi connectivity index (χ0n) is 23.9. The van der Waals surface area contributed by atoms with Crippen molar-refractivity contribution in [2.75, 3.05) is 11.9 Å². The quantitative estimate of drug-likeness (QED) is 0.127. The van der Waals surface area contributed by atoms with E-state index in [-0.39, 0.29) is 47.5 Å². The molecule has 9 N–H and O–H groups in total. The number of carbonyl (C=O) groups is 3. The summed E-state index contributed by atoms with van der Waals surface area (Å²) >= 11 is 0. The van der Waals surface area contributed by atoms with Gasteiger partial charge < -0.3 is 37.4 Å². The molecular formula is C30H34N8O6. The number of carboxylic acids is 1. The number of anilines is 1. The van der Waals surface area contributed by atoms with Crippen LogP contribution in [0, 0.1) is 0 Å². The molecule has 44 heavy (non-hydrogen) atoms. The van der Waals surface area contributed by atoms with Crippen molar-refractivity contribution in [3.05, 3.63) is 83.3 Å². The standard InChI is InChI=1S/C30H34N8O6/c1-2-20(39)34-18-13-19(25(41)24(18)40)38-28-23(22(21(31)26(32)42)35-27(37-28)29(43)44)36-30(38)33-14-17(15-9-5-3-6-10-15)16-11-7-4-8-12-16/h3-12,17-19,21,24-25,40-41H,2,13-14,31H2,1H3,(H2,32,42)(H,33,36)(H,34,39)(H,43,44)/t18-,19+,21?,24+,25-/m0/s1. The summed E-state index contributed by atoms with van der Waals surface area (Å²) in [6.45, 7) is 1.97. The van der Waals surface area contributed by atoms with Crippen LogP contribution in [0.1, 0.15) is 65.2 Å². The minimum absolute atomic E-state index is 0.00232. The molecule has 4 aromatic rings. The van der Waals surface area contributed by atoms with Crippen LogP contribution in [0.2, 0.25) is 0 Å². The smallest absolute Gasteiger partial charge is 0.374 e. The molecule has 0 saturated heterocycles. The highest BCUT2D eigenvalue weighted by Crippen LogP contribution is 2.37. The summed E-state index contributed by atoms with van der Waals surface area (Å²) in [7, 11) is 0. The monoisotopic (exact) mass is 602 g/mol. The Kier molecular flexibility index (Phi) is 8.85. The van der Waals surface area contributed by atoms with Gasteiger partial charge in [-0.2, -0.15) is 0 Å². The Labute approximate surface area is 252 Å². The number of amides is 2. The van der Waals surface area contributed by atoms with Gasteiger partial charge in [0.15, 0.2) is 5.65 Å². The average Bonchev–Trinajstić information content (AvgIpc) is 3.52. The van der Waals surface area contributed by atoms with Gasteiger partial charge in [-0.3, -0.25) is 14.2 Å². The fourth-order valence-electron chi connectivity index (χ4n) is 5.59. The lowest BCUT2D eigenvalue weighted by Gasteiger charge is -2.23. The van der Waals surface area contributed by atoms with E-state index in [0.29, 0.717) is 6.54 Å². The maximum absolute atomic E-state index is 12.2. The number of aromatic carboxylic acids is 1. The van der Waals surface area contributed by atoms with Crippen molar-refractivity contribution in [2.24, 2.45) is 11.5 Å². The SMILES string of the molecule is CCC(=O)N[C@H]1C[C@@H](n2c(NCC(c3ccccc3)c3ccccc3)nc3c(C(N)C(N)=O)nc(C(=O)O)nc32)[C@H](O)[C@@H]1O. The van der Waals surface area contributed by atoms with E-state index in [0.717, 1.165) is 11.1 Å². The summed E-state index contributed by atoms with van der Waals surface area (Å²) in [5.74, 6) is -3.42. The molecule has 5 atom stereocenters. The number of benzene rings is 2. The van der Waals surface area contributed by atoms with E-state index in [9.17, 15) is 29.7 Å². The molecule has 0 bridgehead atoms. The fourth-order valence-corrected chi connectivity index (χ4v) is 5.59. The van der Waals surface area contributed by atoms with Gasteiger partial charge in [-0.15, -0.1) is 0 Å². The second kappa shape index (κ2) is 12.8. The molecule has 5 rings (SSSR count). The number of rotatable bonds is 11. The van der Waals surface area contributed by atoms with Crippen molar-refractivity contribution in [1.29, 1.82) is 0 Å². The van der Waals surface area contributed by atoms with Crippen LogP contribution >= 0.6 is 0 Å². The summed E-state index contributed by atoms with van der Waals surface area (Å²) in [6, 6.07) is 16.3. The van der Waals surface area contributed by atoms with E-state index in [1.165, 1.54) is 4.57 Å². The molecule has 1 aliphatic carbocycles. The zero-order chi connectivity index (χ0) is 31.5. The van der Waals surface area contributed by atoms with Crippen LogP contribution < -0.4 is 22.1 Å². The summed E-state index contributed by atoms with van der Waals surface area (Å²) in [5.41, 5.74) is 13.3. The van der Waals surface area contributed by atoms with Crippen LogP contribution in [0.15, 0.2) is 60.7 Å². The summed E-state index contributed by atoms with van der Waals surface area (Å²) < 4.78 is 1.47. The van der Waals surface area contributed by atoms with Gasteiger partial charge in [0.1, 0.15) is 23.8 Å². The molecule has 14 nitrogen and oxygen atoms in total. The Morgan fingerprint density at radius 2 is 1.59 bits per heavy atom. The van der Waals surface area contributed by atoms with Crippen molar-refractivity contribution in [2.45, 2.75) is 56.0 Å². The third kappa shape index (κ3) is 5.95. The predicted molar refractivity (Wildman–Crippen MR) is 160 cm³/mol. The molecule has 2 aromatic heterocycles. The molecule has 1 unspecified atom stereocenters. The molecular weight excluding hydrogens is 568 g/mol. The fraction of sp³-hybridized carbons (Fsp3) is 0.333. The van der Waals surface area contributed by atoms with Crippen LogP contribution in [-0.4, -0.2) is 77.4 Å². The number of nitrogens with two attached hydrogens (primary N) is 2. The second-order valence-corrected chi connectivity index (χ2v) is 10.7. The number of nitrogens with one attached hydrogen (secondary N) is 2. The third-order valence-electron chi connectivity index (χ3n) is 7.88. The number of hydrogen-bond acceptors (Lipinski definition) is 10. The molecule has 2 amide bonds. The van der Waals surface area contributed by atoms with E-state index >= 15 is 0 Å². The maximum atomic E-state index is 12.2. The molecule has 2 aromatic carbocycles. The van der Waals surface area contributed by atoms with Gasteiger partial charge in [-0.1, -0.05) is 67.6 Å². The summed E-state index contributed by atoms with van der Waals surface area (Å²) in [6.07, 6.45) is -2.49. The first kappa shape index (κ1) is 30.5. The zero-order valence-corrected chi connectivity index (χ0v) is 23.9. The number of imidazole rings is 1. The summed E-state index contributed by atoms with van der Waals surface area (Å²) in [5, 5.41) is 37.9. The van der Waals surface area contributed by atoms with Crippen molar-refractivity contribution >= 4 is 34.9 Å². The minimum Gasteiger partial charge on any atom is -0.475 e. The number of aliphatic hydroxyl groups is 2. The van der Waals surface area contributed by atoms with Crippen LogP contribution in [0.4, 0.5) is 5.95 Å². The number of hydrogen-bond donors (Lipinski definition) is 7. The van der Waals surface area contributed by atoms with E-state index in [4.69, 9.17) is 11.5 Å². The van der Waals surface area contributed by atoms with E-state index in [2.05, 4.69) is 25.6 Å². The van der Waals surface area contributed by atoms with Crippen molar-refractivity contribution in [1.82, 2.24) is 24.8 Å². The molecule has 2 heterocycles. The maximum Gasteiger partial charge on any atom is 0.374 e. The van der Waals surface area contributed by atoms with Crippen LogP contribution in [0.3, 0.4) is 0 Å². The normalized spacial score (nSPS) is 20.5. The predicted octanol–water partition coefficient (Wildman–Crippen LogP) is 0.815. The van der Waals surface area contributed by atoms with Crippen molar-refractivity contribution in [3.8, 4) is 0 Å². The van der Waals surface area contributed by atoms with Crippen LogP contribution in [-0.2, 0) is 9.59 Å². The lowest BCUT2D eigenvalue weighted by atomic mass is 9.91. The molecule has 1 aliphatic rings. The molecule has 0 spiro atoms. The number of carboxylic acid groups (broad SMARTS) is 1. The number of nitrogens with zero attached hydrogens (tertiary/aromatic N) is 4. The molecule has 14 heteroatoms. The van der Waals surface area contributed by atoms with E-state index < -0.39 is 48.0 Å². The Balaban J connectivity index is 1.65. The molecule has 0 radical (unpaired) electrons. The first-order chi connectivity index (χ1) is 21.1. The van der Waals surface area contributed by atoms with Crippen LogP contribution in [0.25, 0.3) is 11.2 Å². The lowest BCUT2D eigenvalue weighted by molar-refractivity contribution is -0.122.